The number of benzene rings is 1. The average molecular weight is 447 g/mol. The number of anilines is 2. The van der Waals surface area contributed by atoms with Crippen LogP contribution in [-0.4, -0.2) is 57.7 Å². The fourth-order valence-electron chi connectivity index (χ4n) is 3.88. The van der Waals surface area contributed by atoms with Crippen molar-refractivity contribution in [2.75, 3.05) is 43.9 Å². The minimum Gasteiger partial charge on any atom is -0.466 e. The molecule has 174 valence electrons. The molecule has 0 aromatic heterocycles. The Balaban J connectivity index is 2.08. The Bertz CT molecular complexity index is 975. The highest BCUT2D eigenvalue weighted by Crippen LogP contribution is 2.43. The van der Waals surface area contributed by atoms with Gasteiger partial charge in [0.05, 0.1) is 32.1 Å². The van der Waals surface area contributed by atoms with Gasteiger partial charge in [0, 0.05) is 17.6 Å². The van der Waals surface area contributed by atoms with Crippen molar-refractivity contribution < 1.29 is 33.3 Å². The summed E-state index contributed by atoms with van der Waals surface area (Å²) in [7, 11) is 2.48. The van der Waals surface area contributed by atoms with Crippen LogP contribution in [-0.2, 0) is 34.0 Å². The second-order valence-electron chi connectivity index (χ2n) is 9.37. The Kier molecular flexibility index (Phi) is 6.24. The second-order valence-corrected chi connectivity index (χ2v) is 9.37. The minimum atomic E-state index is -0.682. The number of methoxy groups -OCH3 is 2. The third-order valence-electron chi connectivity index (χ3n) is 5.31. The van der Waals surface area contributed by atoms with Gasteiger partial charge in [0.1, 0.15) is 18.0 Å². The van der Waals surface area contributed by atoms with Gasteiger partial charge in [-0.15, -0.1) is 0 Å². The summed E-state index contributed by atoms with van der Waals surface area (Å²) in [5.41, 5.74) is 1.40. The molecule has 0 atom stereocenters. The van der Waals surface area contributed by atoms with Crippen LogP contribution in [0, 0.1) is 0 Å². The molecule has 0 radical (unpaired) electrons. The summed E-state index contributed by atoms with van der Waals surface area (Å²) in [5.74, 6) is -1.36. The molecule has 3 rings (SSSR count). The number of amides is 1. The highest BCUT2D eigenvalue weighted by Gasteiger charge is 2.41. The molecule has 1 amide bonds. The zero-order valence-electron chi connectivity index (χ0n) is 19.6. The quantitative estimate of drug-likeness (QED) is 0.516. The van der Waals surface area contributed by atoms with E-state index < -0.39 is 23.6 Å². The molecule has 2 aliphatic heterocycles. The zero-order valence-corrected chi connectivity index (χ0v) is 19.6. The normalized spacial score (nSPS) is 17.7. The number of esters is 2. The molecule has 0 bridgehead atoms. The van der Waals surface area contributed by atoms with E-state index in [2.05, 4.69) is 13.8 Å². The monoisotopic (exact) mass is 446 g/mol. The van der Waals surface area contributed by atoms with Crippen LogP contribution in [0.5, 0.6) is 0 Å². The number of rotatable bonds is 3. The minimum absolute atomic E-state index is 0.0273. The largest absolute Gasteiger partial charge is 0.466 e. The molecule has 32 heavy (non-hydrogen) atoms. The van der Waals surface area contributed by atoms with Crippen LogP contribution < -0.4 is 9.80 Å². The molecule has 9 nitrogen and oxygen atoms in total. The predicted octanol–water partition coefficient (Wildman–Crippen LogP) is 3.11. The van der Waals surface area contributed by atoms with E-state index in [9.17, 15) is 14.4 Å². The van der Waals surface area contributed by atoms with E-state index in [0.29, 0.717) is 17.9 Å². The van der Waals surface area contributed by atoms with Crippen LogP contribution in [0.15, 0.2) is 29.5 Å². The molecule has 0 fully saturated rings. The molecular formula is C23H30N2O7. The third kappa shape index (κ3) is 4.43. The van der Waals surface area contributed by atoms with E-state index in [1.54, 1.807) is 15.9 Å². The van der Waals surface area contributed by atoms with Gasteiger partial charge >= 0.3 is 18.0 Å². The van der Waals surface area contributed by atoms with Gasteiger partial charge in [-0.1, -0.05) is 19.9 Å². The van der Waals surface area contributed by atoms with Crippen molar-refractivity contribution in [3.8, 4) is 0 Å². The molecule has 1 aromatic carbocycles. The first-order valence-corrected chi connectivity index (χ1v) is 10.3. The summed E-state index contributed by atoms with van der Waals surface area (Å²) in [6.07, 6.45) is -0.449. The van der Waals surface area contributed by atoms with Gasteiger partial charge < -0.3 is 23.8 Å². The van der Waals surface area contributed by atoms with Gasteiger partial charge in [-0.2, -0.15) is 0 Å². The lowest BCUT2D eigenvalue weighted by Gasteiger charge is -2.32. The lowest BCUT2D eigenvalue weighted by molar-refractivity contribution is -0.140. The van der Waals surface area contributed by atoms with Gasteiger partial charge in [-0.3, -0.25) is 4.90 Å². The smallest absolute Gasteiger partial charge is 0.414 e. The molecule has 0 unspecified atom stereocenters. The highest BCUT2D eigenvalue weighted by molar-refractivity contribution is 6.03. The van der Waals surface area contributed by atoms with Gasteiger partial charge in [0.15, 0.2) is 0 Å². The number of nitrogens with zero attached hydrogens (tertiary/aromatic N) is 2. The van der Waals surface area contributed by atoms with Gasteiger partial charge in [-0.05, 0) is 38.5 Å². The Labute approximate surface area is 187 Å². The van der Waals surface area contributed by atoms with Crippen molar-refractivity contribution in [3.63, 3.8) is 0 Å². The van der Waals surface area contributed by atoms with E-state index in [4.69, 9.17) is 18.9 Å². The zero-order chi connectivity index (χ0) is 23.8. The maximum atomic E-state index is 12.9. The van der Waals surface area contributed by atoms with E-state index in [-0.39, 0.29) is 30.0 Å². The van der Waals surface area contributed by atoms with E-state index in [1.807, 2.05) is 32.9 Å². The average Bonchev–Trinajstić information content (AvgIpc) is 3.01. The number of carbonyl (C=O) groups excluding carboxylic acids is 3. The van der Waals surface area contributed by atoms with Gasteiger partial charge in [-0.25, -0.2) is 14.4 Å². The van der Waals surface area contributed by atoms with Crippen molar-refractivity contribution >= 4 is 29.4 Å². The van der Waals surface area contributed by atoms with Crippen molar-refractivity contribution in [2.24, 2.45) is 0 Å². The molecule has 1 aromatic rings. The Morgan fingerprint density at radius 3 is 2.31 bits per heavy atom. The standard InChI is InChI=1S/C23H30N2O7/c1-22(2,3)32-21(28)24-12-23(4,5)16-9-8-14(10-17(16)24)25-13-31-11-15(19(26)29-6)18(25)20(27)30-7/h8-10H,11-13H2,1-7H3. The number of hydrogen-bond donors (Lipinski definition) is 0. The van der Waals surface area contributed by atoms with Crippen molar-refractivity contribution in [2.45, 2.75) is 45.6 Å². The molecule has 0 aliphatic carbocycles. The van der Waals surface area contributed by atoms with Crippen LogP contribution in [0.25, 0.3) is 0 Å². The maximum absolute atomic E-state index is 12.9. The van der Waals surface area contributed by atoms with Crippen LogP contribution in [0.2, 0.25) is 0 Å². The lowest BCUT2D eigenvalue weighted by atomic mass is 9.87. The number of carbonyl (C=O) groups is 3. The van der Waals surface area contributed by atoms with E-state index in [0.717, 1.165) is 5.56 Å². The van der Waals surface area contributed by atoms with Crippen molar-refractivity contribution in [1.29, 1.82) is 0 Å². The molecular weight excluding hydrogens is 416 g/mol. The fraction of sp³-hybridized carbons (Fsp3) is 0.522. The summed E-state index contributed by atoms with van der Waals surface area (Å²) < 4.78 is 20.9. The van der Waals surface area contributed by atoms with Crippen LogP contribution in [0.3, 0.4) is 0 Å². The van der Waals surface area contributed by atoms with E-state index >= 15 is 0 Å². The van der Waals surface area contributed by atoms with Gasteiger partial charge in [0.25, 0.3) is 0 Å². The predicted molar refractivity (Wildman–Crippen MR) is 117 cm³/mol. The topological polar surface area (TPSA) is 94.6 Å². The maximum Gasteiger partial charge on any atom is 0.414 e. The Morgan fingerprint density at radius 1 is 1.06 bits per heavy atom. The summed E-state index contributed by atoms with van der Waals surface area (Å²) in [4.78, 5) is 40.9. The van der Waals surface area contributed by atoms with E-state index in [1.165, 1.54) is 14.2 Å². The molecule has 0 spiro atoms. The first kappa shape index (κ1) is 23.6. The molecule has 9 heteroatoms. The summed E-state index contributed by atoms with van der Waals surface area (Å²) in [6.45, 7) is 9.95. The molecule has 2 aliphatic rings. The first-order chi connectivity index (χ1) is 14.9. The molecule has 0 saturated carbocycles. The number of hydrogen-bond acceptors (Lipinski definition) is 8. The molecule has 0 N–H and O–H groups in total. The number of fused-ring (bicyclic) bond motifs is 1. The molecule has 0 saturated heterocycles. The molecule has 2 heterocycles. The first-order valence-electron chi connectivity index (χ1n) is 10.3. The van der Waals surface area contributed by atoms with Crippen LogP contribution in [0.4, 0.5) is 16.2 Å². The third-order valence-corrected chi connectivity index (χ3v) is 5.31. The van der Waals surface area contributed by atoms with Gasteiger partial charge in [0.2, 0.25) is 0 Å². The highest BCUT2D eigenvalue weighted by atomic mass is 16.6. The summed E-state index contributed by atoms with van der Waals surface area (Å²) >= 11 is 0. The Hall–Kier alpha value is -3.07. The summed E-state index contributed by atoms with van der Waals surface area (Å²) in [6, 6.07) is 5.53. The van der Waals surface area contributed by atoms with Crippen molar-refractivity contribution in [3.05, 3.63) is 35.0 Å². The number of ether oxygens (including phenoxy) is 4. The second kappa shape index (κ2) is 8.46. The lowest BCUT2D eigenvalue weighted by Crippen LogP contribution is -2.39. The van der Waals surface area contributed by atoms with Crippen molar-refractivity contribution in [1.82, 2.24) is 0 Å². The summed E-state index contributed by atoms with van der Waals surface area (Å²) in [5, 5.41) is 0. The fourth-order valence-corrected chi connectivity index (χ4v) is 3.88. The van der Waals surface area contributed by atoms with Crippen LogP contribution in [0.1, 0.15) is 40.2 Å². The Morgan fingerprint density at radius 2 is 1.72 bits per heavy atom. The SMILES string of the molecule is COC(=O)C1=C(C(=O)OC)N(c2ccc3c(c2)N(C(=O)OC(C)(C)C)CC3(C)C)COC1. The van der Waals surface area contributed by atoms with Crippen LogP contribution >= 0.6 is 0 Å².